The highest BCUT2D eigenvalue weighted by Gasteiger charge is 2.24. The molecule has 1 aromatic rings. The molecule has 0 aliphatic carbocycles. The molecule has 0 spiro atoms. The first-order chi connectivity index (χ1) is 9.18. The monoisotopic (exact) mass is 261 g/mol. The second-order valence-electron chi connectivity index (χ2n) is 5.97. The van der Waals surface area contributed by atoms with Crippen molar-refractivity contribution in [1.29, 1.82) is 0 Å². The van der Waals surface area contributed by atoms with Gasteiger partial charge in [0.25, 0.3) is 0 Å². The van der Waals surface area contributed by atoms with E-state index in [2.05, 4.69) is 42.0 Å². The molecule has 3 nitrogen and oxygen atoms in total. The van der Waals surface area contributed by atoms with Gasteiger partial charge in [-0.15, -0.1) is 0 Å². The van der Waals surface area contributed by atoms with Gasteiger partial charge >= 0.3 is 0 Å². The zero-order chi connectivity index (χ0) is 13.7. The number of nitrogens with zero attached hydrogens (tertiary/aromatic N) is 2. The lowest BCUT2D eigenvalue weighted by Gasteiger charge is -2.32. The van der Waals surface area contributed by atoms with E-state index in [1.165, 1.54) is 31.5 Å². The molecule has 1 aliphatic rings. The van der Waals surface area contributed by atoms with Crippen LogP contribution in [0.4, 0.5) is 0 Å². The molecular weight excluding hydrogens is 234 g/mol. The smallest absolute Gasteiger partial charge is 0.0315 e. The molecule has 0 bridgehead atoms. The summed E-state index contributed by atoms with van der Waals surface area (Å²) in [5.74, 6) is 0.701. The van der Waals surface area contributed by atoms with Crippen LogP contribution in [0.3, 0.4) is 0 Å². The third-order valence-corrected chi connectivity index (χ3v) is 4.20. The van der Waals surface area contributed by atoms with Gasteiger partial charge in [-0.25, -0.2) is 0 Å². The topological polar surface area (TPSA) is 28.2 Å². The largest absolute Gasteiger partial charge is 0.309 e. The van der Waals surface area contributed by atoms with Crippen molar-refractivity contribution in [3.05, 3.63) is 30.1 Å². The summed E-state index contributed by atoms with van der Waals surface area (Å²) < 4.78 is 0. The van der Waals surface area contributed by atoms with Crippen LogP contribution in [0.1, 0.15) is 45.2 Å². The Hall–Kier alpha value is -0.930. The molecule has 1 N–H and O–H groups in total. The quantitative estimate of drug-likeness (QED) is 0.853. The van der Waals surface area contributed by atoms with Crippen LogP contribution >= 0.6 is 0 Å². The molecule has 1 fully saturated rings. The van der Waals surface area contributed by atoms with Gasteiger partial charge in [-0.3, -0.25) is 9.88 Å². The van der Waals surface area contributed by atoms with E-state index >= 15 is 0 Å². The van der Waals surface area contributed by atoms with E-state index in [9.17, 15) is 0 Å². The lowest BCUT2D eigenvalue weighted by atomic mass is 10.0. The zero-order valence-electron chi connectivity index (χ0n) is 12.5. The van der Waals surface area contributed by atoms with Crippen LogP contribution in [0.25, 0.3) is 0 Å². The molecule has 19 heavy (non-hydrogen) atoms. The van der Waals surface area contributed by atoms with Crippen molar-refractivity contribution in [3.63, 3.8) is 0 Å². The van der Waals surface area contributed by atoms with Gasteiger partial charge in [-0.1, -0.05) is 19.9 Å². The number of pyridine rings is 1. The Bertz CT molecular complexity index is 358. The van der Waals surface area contributed by atoms with Crippen molar-refractivity contribution >= 4 is 0 Å². The fourth-order valence-corrected chi connectivity index (χ4v) is 2.91. The van der Waals surface area contributed by atoms with Gasteiger partial charge in [0.05, 0.1) is 0 Å². The standard InChI is InChI=1S/C16H27N3/c1-13(2)16(19-9-4-5-10-19)12-18-14(3)15-7-6-8-17-11-15/h6-8,11,13-14,16,18H,4-5,9-10,12H2,1-3H3. The van der Waals surface area contributed by atoms with Crippen molar-refractivity contribution in [2.75, 3.05) is 19.6 Å². The lowest BCUT2D eigenvalue weighted by Crippen LogP contribution is -2.44. The predicted octanol–water partition coefficient (Wildman–Crippen LogP) is 2.85. The molecule has 1 aliphatic heterocycles. The number of hydrogen-bond acceptors (Lipinski definition) is 3. The molecule has 3 heteroatoms. The SMILES string of the molecule is CC(NCC(C(C)C)N1CCCC1)c1cccnc1. The number of rotatable bonds is 6. The number of nitrogens with one attached hydrogen (secondary N) is 1. The molecule has 2 unspecified atom stereocenters. The van der Waals surface area contributed by atoms with Crippen molar-refractivity contribution in [1.82, 2.24) is 15.2 Å². The average Bonchev–Trinajstić information content (AvgIpc) is 2.93. The van der Waals surface area contributed by atoms with Gasteiger partial charge in [0.15, 0.2) is 0 Å². The summed E-state index contributed by atoms with van der Waals surface area (Å²) in [4.78, 5) is 6.84. The lowest BCUT2D eigenvalue weighted by molar-refractivity contribution is 0.183. The van der Waals surface area contributed by atoms with Crippen molar-refractivity contribution in [2.24, 2.45) is 5.92 Å². The van der Waals surface area contributed by atoms with E-state index < -0.39 is 0 Å². The van der Waals surface area contributed by atoms with E-state index in [0.29, 0.717) is 18.0 Å². The minimum atomic E-state index is 0.373. The summed E-state index contributed by atoms with van der Waals surface area (Å²) in [6, 6.07) is 5.18. The van der Waals surface area contributed by atoms with Crippen LogP contribution in [-0.2, 0) is 0 Å². The van der Waals surface area contributed by atoms with E-state index in [0.717, 1.165) is 6.54 Å². The van der Waals surface area contributed by atoms with E-state index in [1.54, 1.807) is 0 Å². The van der Waals surface area contributed by atoms with Crippen molar-refractivity contribution < 1.29 is 0 Å². The third-order valence-electron chi connectivity index (χ3n) is 4.20. The summed E-state index contributed by atoms with van der Waals surface area (Å²) in [5, 5.41) is 3.68. The normalized spacial score (nSPS) is 19.8. The number of aromatic nitrogens is 1. The first-order valence-electron chi connectivity index (χ1n) is 7.56. The molecule has 106 valence electrons. The second-order valence-corrected chi connectivity index (χ2v) is 5.97. The Morgan fingerprint density at radius 3 is 2.58 bits per heavy atom. The highest BCUT2D eigenvalue weighted by Crippen LogP contribution is 2.18. The van der Waals surface area contributed by atoms with Gasteiger partial charge < -0.3 is 5.32 Å². The highest BCUT2D eigenvalue weighted by atomic mass is 15.2. The summed E-state index contributed by atoms with van der Waals surface area (Å²) in [6.07, 6.45) is 6.51. The molecule has 2 atom stereocenters. The second kappa shape index (κ2) is 7.01. The molecule has 1 aromatic heterocycles. The maximum absolute atomic E-state index is 4.20. The zero-order valence-corrected chi connectivity index (χ0v) is 12.5. The third kappa shape index (κ3) is 4.02. The Labute approximate surface area is 117 Å². The van der Waals surface area contributed by atoms with Crippen molar-refractivity contribution in [3.8, 4) is 0 Å². The van der Waals surface area contributed by atoms with Gasteiger partial charge in [-0.2, -0.15) is 0 Å². The summed E-state index contributed by atoms with van der Waals surface area (Å²) in [7, 11) is 0. The van der Waals surface area contributed by atoms with Crippen LogP contribution in [0.2, 0.25) is 0 Å². The number of hydrogen-bond donors (Lipinski definition) is 1. The Morgan fingerprint density at radius 1 is 1.26 bits per heavy atom. The predicted molar refractivity (Wildman–Crippen MR) is 80.1 cm³/mol. The molecule has 0 saturated carbocycles. The van der Waals surface area contributed by atoms with Gasteiger partial charge in [0, 0.05) is 31.0 Å². The maximum atomic E-state index is 4.20. The van der Waals surface area contributed by atoms with E-state index in [-0.39, 0.29) is 0 Å². The first kappa shape index (κ1) is 14.5. The van der Waals surface area contributed by atoms with Gasteiger partial charge in [-0.05, 0) is 50.4 Å². The molecule has 0 radical (unpaired) electrons. The Morgan fingerprint density at radius 2 is 2.00 bits per heavy atom. The van der Waals surface area contributed by atoms with Crippen molar-refractivity contribution in [2.45, 2.75) is 45.7 Å². The summed E-state index contributed by atoms with van der Waals surface area (Å²) in [6.45, 7) is 10.5. The summed E-state index contributed by atoms with van der Waals surface area (Å²) in [5.41, 5.74) is 1.27. The molecule has 2 rings (SSSR count). The van der Waals surface area contributed by atoms with E-state index in [1.807, 2.05) is 18.5 Å². The highest BCUT2D eigenvalue weighted by molar-refractivity contribution is 5.12. The summed E-state index contributed by atoms with van der Waals surface area (Å²) >= 11 is 0. The molecule has 0 amide bonds. The maximum Gasteiger partial charge on any atom is 0.0315 e. The van der Waals surface area contributed by atoms with Crippen LogP contribution in [0.5, 0.6) is 0 Å². The molecule has 2 heterocycles. The minimum Gasteiger partial charge on any atom is -0.309 e. The number of likely N-dealkylation sites (tertiary alicyclic amines) is 1. The fraction of sp³-hybridized carbons (Fsp3) is 0.688. The van der Waals surface area contributed by atoms with Crippen LogP contribution in [0.15, 0.2) is 24.5 Å². The Balaban J connectivity index is 1.88. The molecular formula is C16H27N3. The van der Waals surface area contributed by atoms with Gasteiger partial charge in [0.1, 0.15) is 0 Å². The molecule has 1 saturated heterocycles. The van der Waals surface area contributed by atoms with Crippen LogP contribution in [0, 0.1) is 5.92 Å². The average molecular weight is 261 g/mol. The van der Waals surface area contributed by atoms with Crippen LogP contribution < -0.4 is 5.32 Å². The minimum absolute atomic E-state index is 0.373. The Kier molecular flexibility index (Phi) is 5.34. The van der Waals surface area contributed by atoms with Crippen LogP contribution in [-0.4, -0.2) is 35.6 Å². The fourth-order valence-electron chi connectivity index (χ4n) is 2.91. The first-order valence-corrected chi connectivity index (χ1v) is 7.56. The molecule has 0 aromatic carbocycles. The van der Waals surface area contributed by atoms with E-state index in [4.69, 9.17) is 0 Å². The van der Waals surface area contributed by atoms with Gasteiger partial charge in [0.2, 0.25) is 0 Å².